The molecule has 0 saturated heterocycles. The number of carbonyl (C=O) groups excluding carboxylic acids is 1. The highest BCUT2D eigenvalue weighted by molar-refractivity contribution is 5.93. The normalized spacial score (nSPS) is 23.4. The predicted octanol–water partition coefficient (Wildman–Crippen LogP) is 3.81. The van der Waals surface area contributed by atoms with Gasteiger partial charge >= 0.3 is 6.18 Å². The molecule has 1 amide bonds. The van der Waals surface area contributed by atoms with Crippen molar-refractivity contribution in [2.45, 2.75) is 44.3 Å². The van der Waals surface area contributed by atoms with Gasteiger partial charge in [-0.1, -0.05) is 12.1 Å². The maximum absolute atomic E-state index is 13.4. The average molecular weight is 499 g/mol. The molecule has 2 aliphatic heterocycles. The molecule has 0 radical (unpaired) electrons. The van der Waals surface area contributed by atoms with Crippen LogP contribution in [0.5, 0.6) is 5.75 Å². The van der Waals surface area contributed by atoms with Crippen molar-refractivity contribution in [3.8, 4) is 11.4 Å². The number of aromatic nitrogens is 3. The summed E-state index contributed by atoms with van der Waals surface area (Å²) in [7, 11) is 0. The number of amides is 1. The molecular weight excluding hydrogens is 473 g/mol. The number of benzene rings is 1. The van der Waals surface area contributed by atoms with Crippen LogP contribution in [0.15, 0.2) is 47.7 Å². The Labute approximate surface area is 205 Å². The van der Waals surface area contributed by atoms with Crippen LogP contribution in [0, 0.1) is 12.8 Å². The van der Waals surface area contributed by atoms with Crippen LogP contribution in [-0.4, -0.2) is 50.8 Å². The monoisotopic (exact) mass is 498 g/mol. The Hall–Kier alpha value is -3.56. The number of alkyl halides is 3. The summed E-state index contributed by atoms with van der Waals surface area (Å²) in [5.41, 5.74) is 1.76. The maximum Gasteiger partial charge on any atom is 0.395 e. The van der Waals surface area contributed by atoms with Crippen LogP contribution in [0.1, 0.15) is 46.6 Å². The minimum Gasteiger partial charge on any atom is -0.493 e. The van der Waals surface area contributed by atoms with Crippen LogP contribution < -0.4 is 10.3 Å². The van der Waals surface area contributed by atoms with Crippen molar-refractivity contribution in [1.29, 1.82) is 0 Å². The van der Waals surface area contributed by atoms with E-state index in [9.17, 15) is 22.8 Å². The molecule has 3 aliphatic rings. The van der Waals surface area contributed by atoms with E-state index in [4.69, 9.17) is 4.74 Å². The molecule has 0 N–H and O–H groups in total. The summed E-state index contributed by atoms with van der Waals surface area (Å²) < 4.78 is 49.1. The number of ether oxygens (including phenoxy) is 1. The van der Waals surface area contributed by atoms with Crippen LogP contribution in [0.4, 0.5) is 13.2 Å². The summed E-state index contributed by atoms with van der Waals surface area (Å²) in [5, 5.41) is 0. The Bertz CT molecular complexity index is 1440. The van der Waals surface area contributed by atoms with Gasteiger partial charge < -0.3 is 18.8 Å². The molecule has 1 unspecified atom stereocenters. The van der Waals surface area contributed by atoms with Gasteiger partial charge in [-0.2, -0.15) is 13.2 Å². The zero-order chi connectivity index (χ0) is 25.4. The fraction of sp³-hybridized carbons (Fsp3) is 0.423. The summed E-state index contributed by atoms with van der Waals surface area (Å²) in [6, 6.07) is 7.99. The van der Waals surface area contributed by atoms with Crippen molar-refractivity contribution in [2.75, 3.05) is 19.7 Å². The first-order chi connectivity index (χ1) is 17.1. The van der Waals surface area contributed by atoms with E-state index >= 15 is 0 Å². The highest BCUT2D eigenvalue weighted by atomic mass is 19.4. The van der Waals surface area contributed by atoms with Crippen molar-refractivity contribution in [3.63, 3.8) is 0 Å². The SMILES string of the molecule is Cc1cn(-c2ccc3n(c2=O)CCN(C[C@@]24C[C@@H]2COc2ccc(C(C)C(F)(F)F)cc24)C3=O)cn1. The van der Waals surface area contributed by atoms with E-state index < -0.39 is 17.5 Å². The summed E-state index contributed by atoms with van der Waals surface area (Å²) in [6.45, 7) is 4.54. The van der Waals surface area contributed by atoms with Gasteiger partial charge in [0.05, 0.1) is 24.5 Å². The van der Waals surface area contributed by atoms with E-state index in [0.717, 1.165) is 24.6 Å². The Morgan fingerprint density at radius 2 is 2.00 bits per heavy atom. The summed E-state index contributed by atoms with van der Waals surface area (Å²) >= 11 is 0. The van der Waals surface area contributed by atoms with Gasteiger partial charge in [-0.15, -0.1) is 0 Å². The van der Waals surface area contributed by atoms with Gasteiger partial charge in [-0.05, 0) is 44.0 Å². The first-order valence-corrected chi connectivity index (χ1v) is 12.0. The van der Waals surface area contributed by atoms with Gasteiger partial charge in [0.1, 0.15) is 17.1 Å². The Balaban J connectivity index is 1.30. The summed E-state index contributed by atoms with van der Waals surface area (Å²) in [6.07, 6.45) is -0.268. The Morgan fingerprint density at radius 1 is 1.19 bits per heavy atom. The van der Waals surface area contributed by atoms with Crippen molar-refractivity contribution in [2.24, 2.45) is 5.92 Å². The van der Waals surface area contributed by atoms with Gasteiger partial charge in [-0.25, -0.2) is 4.98 Å². The van der Waals surface area contributed by atoms with Crippen LogP contribution in [0.2, 0.25) is 0 Å². The first kappa shape index (κ1) is 22.9. The number of rotatable bonds is 4. The average Bonchev–Trinajstić information content (AvgIpc) is 3.42. The molecular formula is C26H25F3N4O3. The van der Waals surface area contributed by atoms with Gasteiger partial charge in [0.25, 0.3) is 11.5 Å². The standard InChI is InChI=1S/C26H25F3N4O3/c1-15-11-32(14-30-15)20-4-5-21-23(34)31(7-8-33(21)24(20)35)13-25-10-18(25)12-36-22-6-3-17(9-19(22)25)16(2)26(27,28)29/h3-6,9,11,14,16,18H,7-8,10,12-13H2,1-2H3/t16?,18-,25+/m1/s1. The van der Waals surface area contributed by atoms with Crippen molar-refractivity contribution in [1.82, 2.24) is 19.0 Å². The van der Waals surface area contributed by atoms with Gasteiger partial charge in [0.15, 0.2) is 0 Å². The lowest BCUT2D eigenvalue weighted by Crippen LogP contribution is -2.48. The predicted molar refractivity (Wildman–Crippen MR) is 125 cm³/mol. The van der Waals surface area contributed by atoms with Gasteiger partial charge in [0.2, 0.25) is 0 Å². The fourth-order valence-electron chi connectivity index (χ4n) is 5.62. The quantitative estimate of drug-likeness (QED) is 0.549. The van der Waals surface area contributed by atoms with Crippen molar-refractivity contribution < 1.29 is 22.7 Å². The fourth-order valence-corrected chi connectivity index (χ4v) is 5.62. The highest BCUT2D eigenvalue weighted by Crippen LogP contribution is 2.60. The summed E-state index contributed by atoms with van der Waals surface area (Å²) in [4.78, 5) is 32.5. The molecule has 1 aliphatic carbocycles. The molecule has 0 spiro atoms. The molecule has 7 nitrogen and oxygen atoms in total. The van der Waals surface area contributed by atoms with E-state index in [1.54, 1.807) is 46.3 Å². The second-order valence-corrected chi connectivity index (χ2v) is 10.1. The zero-order valence-corrected chi connectivity index (χ0v) is 19.9. The molecule has 0 bridgehead atoms. The second kappa shape index (κ2) is 7.72. The molecule has 1 fully saturated rings. The van der Waals surface area contributed by atoms with E-state index in [1.165, 1.54) is 10.6 Å². The number of pyridine rings is 1. The molecule has 3 aromatic rings. The Morgan fingerprint density at radius 3 is 2.72 bits per heavy atom. The molecule has 10 heteroatoms. The largest absolute Gasteiger partial charge is 0.493 e. The smallest absolute Gasteiger partial charge is 0.395 e. The van der Waals surface area contributed by atoms with Gasteiger partial charge in [-0.3, -0.25) is 9.59 Å². The van der Waals surface area contributed by atoms with Gasteiger partial charge in [0, 0.05) is 42.7 Å². The minimum atomic E-state index is -4.34. The van der Waals surface area contributed by atoms with E-state index in [1.807, 2.05) is 6.92 Å². The molecule has 1 aromatic carbocycles. The molecule has 6 rings (SSSR count). The number of hydrogen-bond acceptors (Lipinski definition) is 4. The zero-order valence-electron chi connectivity index (χ0n) is 19.9. The third-order valence-electron chi connectivity index (χ3n) is 7.92. The first-order valence-electron chi connectivity index (χ1n) is 12.0. The number of nitrogens with zero attached hydrogens (tertiary/aromatic N) is 4. The molecule has 188 valence electrons. The Kier molecular flexibility index (Phi) is 4.90. The molecule has 3 atom stereocenters. The van der Waals surface area contributed by atoms with Crippen LogP contribution in [0.3, 0.4) is 0 Å². The van der Waals surface area contributed by atoms with Crippen LogP contribution >= 0.6 is 0 Å². The lowest BCUT2D eigenvalue weighted by atomic mass is 9.86. The number of aryl methyl sites for hydroxylation is 1. The van der Waals surface area contributed by atoms with Crippen molar-refractivity contribution in [3.05, 3.63) is 75.7 Å². The lowest BCUT2D eigenvalue weighted by Gasteiger charge is -2.35. The topological polar surface area (TPSA) is 69.4 Å². The van der Waals surface area contributed by atoms with Crippen molar-refractivity contribution >= 4 is 5.91 Å². The number of carbonyl (C=O) groups is 1. The maximum atomic E-state index is 13.4. The third-order valence-corrected chi connectivity index (χ3v) is 7.92. The second-order valence-electron chi connectivity index (χ2n) is 10.1. The third kappa shape index (κ3) is 3.45. The summed E-state index contributed by atoms with van der Waals surface area (Å²) in [5.74, 6) is -1.11. The minimum absolute atomic E-state index is 0.144. The number of halogens is 3. The highest BCUT2D eigenvalue weighted by Gasteiger charge is 2.60. The van der Waals surface area contributed by atoms with E-state index in [0.29, 0.717) is 43.4 Å². The lowest BCUT2D eigenvalue weighted by molar-refractivity contribution is -0.146. The number of fused-ring (bicyclic) bond motifs is 4. The number of imidazole rings is 1. The van der Waals surface area contributed by atoms with Crippen LogP contribution in [0.25, 0.3) is 5.69 Å². The molecule has 4 heterocycles. The van der Waals surface area contributed by atoms with Crippen LogP contribution in [-0.2, 0) is 12.0 Å². The van der Waals surface area contributed by atoms with E-state index in [-0.39, 0.29) is 22.9 Å². The number of hydrogen-bond donors (Lipinski definition) is 0. The molecule has 36 heavy (non-hydrogen) atoms. The molecule has 1 saturated carbocycles. The van der Waals surface area contributed by atoms with E-state index in [2.05, 4.69) is 4.98 Å². The molecule has 2 aromatic heterocycles.